The smallest absolute Gasteiger partial charge is 0.302 e. The molecule has 0 saturated heterocycles. The van der Waals surface area contributed by atoms with Gasteiger partial charge >= 0.3 is 11.9 Å². The standard InChI is InChI=1S/C31H52O5/c1-19(18-35-21(3)32)8-7-9-20(2)29-28(34)17-27-25-11-10-23-16-24(36-22(4)33)12-14-30(23,5)26(25)13-15-31(27,29)6/h19-20,23-29,34H,7-18H2,1-6H3. The van der Waals surface area contributed by atoms with Crippen LogP contribution in [0, 0.1) is 52.3 Å². The van der Waals surface area contributed by atoms with Gasteiger partial charge in [0.05, 0.1) is 12.7 Å². The molecule has 0 amide bonds. The van der Waals surface area contributed by atoms with Gasteiger partial charge in [-0.15, -0.1) is 0 Å². The highest BCUT2D eigenvalue weighted by atomic mass is 16.5. The van der Waals surface area contributed by atoms with Gasteiger partial charge in [-0.25, -0.2) is 0 Å². The molecule has 4 fully saturated rings. The van der Waals surface area contributed by atoms with Crippen LogP contribution in [0.5, 0.6) is 0 Å². The Balaban J connectivity index is 1.38. The van der Waals surface area contributed by atoms with E-state index in [0.29, 0.717) is 41.6 Å². The maximum absolute atomic E-state index is 11.5. The number of carbonyl (C=O) groups is 2. The lowest BCUT2D eigenvalue weighted by Gasteiger charge is -2.61. The molecule has 11 atom stereocenters. The fraction of sp³-hybridized carbons (Fsp3) is 0.935. The Morgan fingerprint density at radius 1 is 0.917 bits per heavy atom. The van der Waals surface area contributed by atoms with Crippen LogP contribution in [0.4, 0.5) is 0 Å². The zero-order valence-corrected chi connectivity index (χ0v) is 23.8. The summed E-state index contributed by atoms with van der Waals surface area (Å²) in [5, 5.41) is 11.4. The first-order valence-corrected chi connectivity index (χ1v) is 14.9. The van der Waals surface area contributed by atoms with Crippen molar-refractivity contribution in [1.82, 2.24) is 0 Å². The Morgan fingerprint density at radius 2 is 1.64 bits per heavy atom. The topological polar surface area (TPSA) is 72.8 Å². The summed E-state index contributed by atoms with van der Waals surface area (Å²) in [4.78, 5) is 22.6. The quantitative estimate of drug-likeness (QED) is 0.379. The lowest BCUT2D eigenvalue weighted by molar-refractivity contribution is -0.160. The number of fused-ring (bicyclic) bond motifs is 5. The van der Waals surface area contributed by atoms with E-state index in [0.717, 1.165) is 50.4 Å². The predicted octanol–water partition coefficient (Wildman–Crippen LogP) is 6.55. The number of rotatable bonds is 8. The Hall–Kier alpha value is -1.10. The van der Waals surface area contributed by atoms with Crippen molar-refractivity contribution < 1.29 is 24.2 Å². The number of carbonyl (C=O) groups excluding carboxylic acids is 2. The van der Waals surface area contributed by atoms with Crippen molar-refractivity contribution in [2.75, 3.05) is 6.61 Å². The molecular formula is C31H52O5. The van der Waals surface area contributed by atoms with Gasteiger partial charge < -0.3 is 14.6 Å². The summed E-state index contributed by atoms with van der Waals surface area (Å²) in [5.74, 6) is 3.73. The van der Waals surface area contributed by atoms with Crippen molar-refractivity contribution in [3.05, 3.63) is 0 Å². The second-order valence-corrected chi connectivity index (χ2v) is 13.9. The van der Waals surface area contributed by atoms with Gasteiger partial charge in [-0.2, -0.15) is 0 Å². The number of hydrogen-bond donors (Lipinski definition) is 1. The van der Waals surface area contributed by atoms with E-state index < -0.39 is 0 Å². The Morgan fingerprint density at radius 3 is 2.33 bits per heavy atom. The molecule has 4 rings (SSSR count). The minimum absolute atomic E-state index is 0.112. The maximum atomic E-state index is 11.5. The van der Waals surface area contributed by atoms with E-state index in [-0.39, 0.29) is 29.6 Å². The fourth-order valence-electron chi connectivity index (χ4n) is 9.95. The van der Waals surface area contributed by atoms with Gasteiger partial charge in [0.1, 0.15) is 6.10 Å². The summed E-state index contributed by atoms with van der Waals surface area (Å²) in [6.45, 7) is 13.1. The van der Waals surface area contributed by atoms with Crippen LogP contribution in [0.25, 0.3) is 0 Å². The molecule has 4 aliphatic carbocycles. The maximum Gasteiger partial charge on any atom is 0.302 e. The van der Waals surface area contributed by atoms with Crippen molar-refractivity contribution >= 4 is 11.9 Å². The molecule has 4 aliphatic rings. The first-order valence-electron chi connectivity index (χ1n) is 14.9. The van der Waals surface area contributed by atoms with Crippen LogP contribution in [-0.2, 0) is 19.1 Å². The van der Waals surface area contributed by atoms with Crippen LogP contribution in [0.1, 0.15) is 112 Å². The van der Waals surface area contributed by atoms with E-state index in [4.69, 9.17) is 9.47 Å². The molecule has 1 N–H and O–H groups in total. The van der Waals surface area contributed by atoms with Crippen molar-refractivity contribution in [3.8, 4) is 0 Å². The molecular weight excluding hydrogens is 452 g/mol. The summed E-state index contributed by atoms with van der Waals surface area (Å²) in [6, 6.07) is 0. The Bertz CT molecular complexity index is 796. The first-order chi connectivity index (χ1) is 17.0. The third kappa shape index (κ3) is 5.38. The molecule has 5 heteroatoms. The molecule has 0 bridgehead atoms. The van der Waals surface area contributed by atoms with Gasteiger partial charge in [0.2, 0.25) is 0 Å². The van der Waals surface area contributed by atoms with Gasteiger partial charge in [0.25, 0.3) is 0 Å². The lowest BCUT2D eigenvalue weighted by Crippen LogP contribution is -2.54. The molecule has 0 aromatic rings. The second-order valence-electron chi connectivity index (χ2n) is 13.9. The molecule has 0 aliphatic heterocycles. The zero-order valence-electron chi connectivity index (χ0n) is 23.8. The van der Waals surface area contributed by atoms with Gasteiger partial charge in [0.15, 0.2) is 0 Å². The average Bonchev–Trinajstić information content (AvgIpc) is 3.07. The van der Waals surface area contributed by atoms with Crippen LogP contribution < -0.4 is 0 Å². The zero-order chi connectivity index (χ0) is 26.3. The van der Waals surface area contributed by atoms with Gasteiger partial charge in [0, 0.05) is 13.8 Å². The van der Waals surface area contributed by atoms with Gasteiger partial charge in [-0.1, -0.05) is 40.5 Å². The monoisotopic (exact) mass is 504 g/mol. The molecule has 0 aromatic carbocycles. The first kappa shape index (κ1) is 27.9. The van der Waals surface area contributed by atoms with E-state index in [1.807, 2.05) is 0 Å². The summed E-state index contributed by atoms with van der Waals surface area (Å²) in [7, 11) is 0. The molecule has 206 valence electrons. The van der Waals surface area contributed by atoms with E-state index in [1.165, 1.54) is 39.0 Å². The third-order valence-corrected chi connectivity index (χ3v) is 11.6. The van der Waals surface area contributed by atoms with Crippen molar-refractivity contribution in [1.29, 1.82) is 0 Å². The van der Waals surface area contributed by atoms with Crippen LogP contribution in [0.15, 0.2) is 0 Å². The van der Waals surface area contributed by atoms with E-state index in [1.54, 1.807) is 6.92 Å². The van der Waals surface area contributed by atoms with Crippen LogP contribution in [0.3, 0.4) is 0 Å². The van der Waals surface area contributed by atoms with E-state index in [9.17, 15) is 14.7 Å². The van der Waals surface area contributed by atoms with Gasteiger partial charge in [-0.3, -0.25) is 9.59 Å². The summed E-state index contributed by atoms with van der Waals surface area (Å²) < 4.78 is 10.8. The highest BCUT2D eigenvalue weighted by Crippen LogP contribution is 2.68. The normalized spacial score (nSPS) is 43.5. The SMILES string of the molecule is CC(=O)OCC(C)CCCC(C)C1C(O)CC2C3CCC4CC(OC(C)=O)CCC4(C)C3CCC21C. The molecule has 0 radical (unpaired) electrons. The molecule has 0 aromatic heterocycles. The Kier molecular flexibility index (Phi) is 8.49. The van der Waals surface area contributed by atoms with E-state index >= 15 is 0 Å². The lowest BCUT2D eigenvalue weighted by atomic mass is 9.44. The Labute approximate surface area is 219 Å². The predicted molar refractivity (Wildman–Crippen MR) is 141 cm³/mol. The minimum Gasteiger partial charge on any atom is -0.466 e. The minimum atomic E-state index is -0.195. The van der Waals surface area contributed by atoms with Crippen molar-refractivity contribution in [2.24, 2.45) is 52.3 Å². The van der Waals surface area contributed by atoms with Crippen molar-refractivity contribution in [3.63, 3.8) is 0 Å². The molecule has 36 heavy (non-hydrogen) atoms. The second kappa shape index (κ2) is 10.9. The number of aliphatic hydroxyl groups is 1. The van der Waals surface area contributed by atoms with Gasteiger partial charge in [-0.05, 0) is 110 Å². The van der Waals surface area contributed by atoms with Crippen LogP contribution >= 0.6 is 0 Å². The molecule has 5 nitrogen and oxygen atoms in total. The molecule has 4 saturated carbocycles. The van der Waals surface area contributed by atoms with Crippen LogP contribution in [-0.4, -0.2) is 35.9 Å². The average molecular weight is 505 g/mol. The molecule has 0 heterocycles. The molecule has 11 unspecified atom stereocenters. The number of hydrogen-bond acceptors (Lipinski definition) is 5. The number of esters is 2. The number of aliphatic hydroxyl groups excluding tert-OH is 1. The number of ether oxygens (including phenoxy) is 2. The fourth-order valence-corrected chi connectivity index (χ4v) is 9.95. The summed E-state index contributed by atoms with van der Waals surface area (Å²) in [6.07, 6.45) is 12.5. The third-order valence-electron chi connectivity index (χ3n) is 11.6. The highest BCUT2D eigenvalue weighted by molar-refractivity contribution is 5.66. The van der Waals surface area contributed by atoms with Crippen LogP contribution in [0.2, 0.25) is 0 Å². The summed E-state index contributed by atoms with van der Waals surface area (Å²) >= 11 is 0. The van der Waals surface area contributed by atoms with E-state index in [2.05, 4.69) is 27.7 Å². The summed E-state index contributed by atoms with van der Waals surface area (Å²) in [5.41, 5.74) is 0.592. The van der Waals surface area contributed by atoms with Crippen molar-refractivity contribution in [2.45, 2.75) is 124 Å². The molecule has 0 spiro atoms. The largest absolute Gasteiger partial charge is 0.466 e. The highest BCUT2D eigenvalue weighted by Gasteiger charge is 2.62.